The van der Waals surface area contributed by atoms with Gasteiger partial charge in [0.25, 0.3) is 0 Å². The van der Waals surface area contributed by atoms with Crippen molar-refractivity contribution in [2.24, 2.45) is 0 Å². The summed E-state index contributed by atoms with van der Waals surface area (Å²) in [7, 11) is 0. The highest BCUT2D eigenvalue weighted by Gasteiger charge is 2.27. The van der Waals surface area contributed by atoms with Crippen molar-refractivity contribution in [3.63, 3.8) is 0 Å². The standard InChI is InChI=1S/C7H13NO4/c1-5-2-8(7(10)11)3-6(4-9)12-5/h5-6,9H,2-4H2,1H3,(H,10,11)/t5-,6-/m1/s1. The zero-order valence-corrected chi connectivity index (χ0v) is 6.93. The van der Waals surface area contributed by atoms with Crippen LogP contribution in [0.25, 0.3) is 0 Å². The SMILES string of the molecule is C[C@@H]1CN(C(=O)O)C[C@H](CO)O1. The Kier molecular flexibility index (Phi) is 2.88. The van der Waals surface area contributed by atoms with Crippen LogP contribution in [0.1, 0.15) is 6.92 Å². The zero-order chi connectivity index (χ0) is 9.14. The molecule has 0 radical (unpaired) electrons. The van der Waals surface area contributed by atoms with E-state index >= 15 is 0 Å². The molecule has 1 aliphatic rings. The summed E-state index contributed by atoms with van der Waals surface area (Å²) in [5, 5.41) is 17.4. The largest absolute Gasteiger partial charge is 0.465 e. The lowest BCUT2D eigenvalue weighted by Gasteiger charge is -2.34. The Morgan fingerprint density at radius 1 is 1.67 bits per heavy atom. The van der Waals surface area contributed by atoms with Gasteiger partial charge in [0, 0.05) is 0 Å². The van der Waals surface area contributed by atoms with Crippen molar-refractivity contribution in [1.82, 2.24) is 4.90 Å². The van der Waals surface area contributed by atoms with Gasteiger partial charge in [-0.15, -0.1) is 0 Å². The number of rotatable bonds is 1. The summed E-state index contributed by atoms with van der Waals surface area (Å²) in [6.07, 6.45) is -1.46. The fourth-order valence-electron chi connectivity index (χ4n) is 1.30. The Labute approximate surface area is 70.5 Å². The number of aliphatic hydroxyl groups is 1. The second-order valence-electron chi connectivity index (χ2n) is 2.94. The van der Waals surface area contributed by atoms with Gasteiger partial charge in [0.1, 0.15) is 0 Å². The highest BCUT2D eigenvalue weighted by atomic mass is 16.5. The average molecular weight is 175 g/mol. The van der Waals surface area contributed by atoms with Crippen LogP contribution in [0, 0.1) is 0 Å². The van der Waals surface area contributed by atoms with Gasteiger partial charge >= 0.3 is 6.09 Å². The molecule has 0 aromatic heterocycles. The molecule has 0 spiro atoms. The maximum absolute atomic E-state index is 10.6. The van der Waals surface area contributed by atoms with Gasteiger partial charge in [-0.05, 0) is 6.92 Å². The van der Waals surface area contributed by atoms with E-state index in [4.69, 9.17) is 14.9 Å². The molecule has 0 aromatic rings. The second-order valence-corrected chi connectivity index (χ2v) is 2.94. The summed E-state index contributed by atoms with van der Waals surface area (Å²) in [4.78, 5) is 11.8. The van der Waals surface area contributed by atoms with Crippen LogP contribution in [0.15, 0.2) is 0 Å². The van der Waals surface area contributed by atoms with Crippen LogP contribution in [-0.4, -0.2) is 53.1 Å². The predicted octanol–water partition coefficient (Wildman–Crippen LogP) is -0.254. The van der Waals surface area contributed by atoms with Gasteiger partial charge in [-0.25, -0.2) is 4.79 Å². The molecule has 1 rings (SSSR count). The molecule has 2 atom stereocenters. The topological polar surface area (TPSA) is 70.0 Å². The number of ether oxygens (including phenoxy) is 1. The van der Waals surface area contributed by atoms with Crippen molar-refractivity contribution in [1.29, 1.82) is 0 Å². The first kappa shape index (κ1) is 9.28. The Morgan fingerprint density at radius 3 is 2.83 bits per heavy atom. The quantitative estimate of drug-likeness (QED) is 0.576. The Bertz CT molecular complexity index is 173. The van der Waals surface area contributed by atoms with Crippen LogP contribution in [0.5, 0.6) is 0 Å². The average Bonchev–Trinajstić information content (AvgIpc) is 2.03. The number of nitrogens with zero attached hydrogens (tertiary/aromatic N) is 1. The van der Waals surface area contributed by atoms with Crippen LogP contribution in [0.2, 0.25) is 0 Å². The summed E-state index contributed by atoms with van der Waals surface area (Å²) in [5.74, 6) is 0. The van der Waals surface area contributed by atoms with Gasteiger partial charge < -0.3 is 19.8 Å². The lowest BCUT2D eigenvalue weighted by Crippen LogP contribution is -2.49. The minimum Gasteiger partial charge on any atom is -0.465 e. The first-order valence-electron chi connectivity index (χ1n) is 3.87. The molecule has 1 aliphatic heterocycles. The van der Waals surface area contributed by atoms with Gasteiger partial charge in [-0.2, -0.15) is 0 Å². The second kappa shape index (κ2) is 3.73. The van der Waals surface area contributed by atoms with E-state index in [1.807, 2.05) is 0 Å². The van der Waals surface area contributed by atoms with E-state index in [0.29, 0.717) is 6.54 Å². The van der Waals surface area contributed by atoms with Crippen molar-refractivity contribution in [3.8, 4) is 0 Å². The number of hydrogen-bond acceptors (Lipinski definition) is 3. The van der Waals surface area contributed by atoms with Gasteiger partial charge in [-0.3, -0.25) is 0 Å². The lowest BCUT2D eigenvalue weighted by molar-refractivity contribution is -0.0877. The maximum Gasteiger partial charge on any atom is 0.407 e. The summed E-state index contributed by atoms with van der Waals surface area (Å²) < 4.78 is 5.26. The molecule has 2 N–H and O–H groups in total. The molecule has 1 amide bonds. The zero-order valence-electron chi connectivity index (χ0n) is 6.93. The van der Waals surface area contributed by atoms with Crippen LogP contribution in [-0.2, 0) is 4.74 Å². The summed E-state index contributed by atoms with van der Waals surface area (Å²) in [6.45, 7) is 2.30. The molecule has 0 aliphatic carbocycles. The minimum absolute atomic E-state index is 0.131. The van der Waals surface area contributed by atoms with Crippen LogP contribution in [0.4, 0.5) is 4.79 Å². The van der Waals surface area contributed by atoms with E-state index in [0.717, 1.165) is 0 Å². The number of hydrogen-bond donors (Lipinski definition) is 2. The predicted molar refractivity (Wildman–Crippen MR) is 41.0 cm³/mol. The molecule has 0 saturated carbocycles. The van der Waals surface area contributed by atoms with Gasteiger partial charge in [0.05, 0.1) is 31.9 Å². The third-order valence-corrected chi connectivity index (χ3v) is 1.80. The number of aliphatic hydroxyl groups excluding tert-OH is 1. The molecule has 1 saturated heterocycles. The van der Waals surface area contributed by atoms with Gasteiger partial charge in [0.15, 0.2) is 0 Å². The van der Waals surface area contributed by atoms with Crippen LogP contribution >= 0.6 is 0 Å². The first-order valence-corrected chi connectivity index (χ1v) is 3.87. The molecule has 70 valence electrons. The molecule has 0 unspecified atom stereocenters. The monoisotopic (exact) mass is 175 g/mol. The number of amides is 1. The normalized spacial score (nSPS) is 30.3. The third kappa shape index (κ3) is 2.09. The maximum atomic E-state index is 10.6. The van der Waals surface area contributed by atoms with E-state index in [-0.39, 0.29) is 25.4 Å². The molecule has 5 nitrogen and oxygen atoms in total. The molecular formula is C7H13NO4. The van der Waals surface area contributed by atoms with Gasteiger partial charge in [-0.1, -0.05) is 0 Å². The highest BCUT2D eigenvalue weighted by molar-refractivity contribution is 5.65. The number of carboxylic acid groups (broad SMARTS) is 1. The lowest BCUT2D eigenvalue weighted by atomic mass is 10.2. The van der Waals surface area contributed by atoms with Crippen molar-refractivity contribution < 1.29 is 19.7 Å². The Hall–Kier alpha value is -0.810. The van der Waals surface area contributed by atoms with E-state index < -0.39 is 6.09 Å². The molecule has 5 heteroatoms. The fourth-order valence-corrected chi connectivity index (χ4v) is 1.30. The van der Waals surface area contributed by atoms with E-state index in [9.17, 15) is 4.79 Å². The van der Waals surface area contributed by atoms with Crippen LogP contribution in [0.3, 0.4) is 0 Å². The Morgan fingerprint density at radius 2 is 2.33 bits per heavy atom. The van der Waals surface area contributed by atoms with E-state index in [2.05, 4.69) is 0 Å². The number of carbonyl (C=O) groups is 1. The fraction of sp³-hybridized carbons (Fsp3) is 0.857. The van der Waals surface area contributed by atoms with Crippen molar-refractivity contribution in [2.45, 2.75) is 19.1 Å². The van der Waals surface area contributed by atoms with Crippen LogP contribution < -0.4 is 0 Å². The molecule has 1 heterocycles. The van der Waals surface area contributed by atoms with Crippen molar-refractivity contribution in [3.05, 3.63) is 0 Å². The molecule has 1 fully saturated rings. The Balaban J connectivity index is 2.51. The first-order chi connectivity index (χ1) is 5.63. The molecule has 0 bridgehead atoms. The summed E-state index contributed by atoms with van der Waals surface area (Å²) >= 11 is 0. The van der Waals surface area contributed by atoms with Crippen molar-refractivity contribution in [2.75, 3.05) is 19.7 Å². The minimum atomic E-state index is -0.955. The third-order valence-electron chi connectivity index (χ3n) is 1.80. The number of morpholine rings is 1. The molecule has 12 heavy (non-hydrogen) atoms. The highest BCUT2D eigenvalue weighted by Crippen LogP contribution is 2.10. The van der Waals surface area contributed by atoms with E-state index in [1.165, 1.54) is 4.90 Å². The summed E-state index contributed by atoms with van der Waals surface area (Å²) in [5.41, 5.74) is 0. The molecule has 0 aromatic carbocycles. The molecular weight excluding hydrogens is 162 g/mol. The summed E-state index contributed by atoms with van der Waals surface area (Å²) in [6, 6.07) is 0. The van der Waals surface area contributed by atoms with Gasteiger partial charge in [0.2, 0.25) is 0 Å². The van der Waals surface area contributed by atoms with Crippen molar-refractivity contribution >= 4 is 6.09 Å². The smallest absolute Gasteiger partial charge is 0.407 e. The van der Waals surface area contributed by atoms with E-state index in [1.54, 1.807) is 6.92 Å².